The Morgan fingerprint density at radius 1 is 1.15 bits per heavy atom. The summed E-state index contributed by atoms with van der Waals surface area (Å²) in [4.78, 5) is 26.7. The van der Waals surface area contributed by atoms with E-state index in [1.807, 2.05) is 56.4 Å². The van der Waals surface area contributed by atoms with Gasteiger partial charge in [0.1, 0.15) is 17.6 Å². The first-order valence-electron chi connectivity index (χ1n) is 14.7. The number of carbonyl (C=O) groups excluding carboxylic acids is 1. The normalized spacial score (nSPS) is 23.0. The number of anilines is 2. The quantitative estimate of drug-likeness (QED) is 0.205. The van der Waals surface area contributed by atoms with Gasteiger partial charge in [0.2, 0.25) is 5.91 Å². The van der Waals surface area contributed by atoms with Gasteiger partial charge in [-0.25, -0.2) is 0 Å². The van der Waals surface area contributed by atoms with Crippen LogP contribution in [0.25, 0.3) is 0 Å². The third kappa shape index (κ3) is 6.79. The number of unbranched alkanes of at least 4 members (excludes halogenated alkanes) is 1. The van der Waals surface area contributed by atoms with Crippen molar-refractivity contribution in [3.05, 3.63) is 47.5 Å². The number of aliphatic hydroxyl groups is 2. The minimum atomic E-state index is -2.65. The van der Waals surface area contributed by atoms with Crippen molar-refractivity contribution in [3.63, 3.8) is 0 Å². The van der Waals surface area contributed by atoms with Crippen LogP contribution in [0, 0.1) is 5.92 Å². The van der Waals surface area contributed by atoms with Crippen molar-refractivity contribution in [2.45, 2.75) is 76.4 Å². The van der Waals surface area contributed by atoms with Gasteiger partial charge >= 0.3 is 0 Å². The number of carbonyl (C=O) groups is 1. The SMILES string of the molecule is CCOc1ccc2c(c1)CC(NCCCCO)C(=O)N2c1ccc2c(c1)[C@H](OC)[C@@H](C)[C@H](C(CCO)[Si](C)(C)O)O2. The molecule has 41 heavy (non-hydrogen) atoms. The predicted octanol–water partition coefficient (Wildman–Crippen LogP) is 4.07. The maximum atomic E-state index is 13.9. The van der Waals surface area contributed by atoms with E-state index < -0.39 is 14.4 Å². The molecule has 10 heteroatoms. The number of amides is 1. The van der Waals surface area contributed by atoms with Crippen LogP contribution in [0.5, 0.6) is 11.5 Å². The van der Waals surface area contributed by atoms with E-state index in [-0.39, 0.29) is 42.8 Å². The second-order valence-corrected chi connectivity index (χ2v) is 15.7. The van der Waals surface area contributed by atoms with E-state index in [1.165, 1.54) is 0 Å². The number of hydrogen-bond acceptors (Lipinski definition) is 8. The lowest BCUT2D eigenvalue weighted by molar-refractivity contribution is -0.120. The van der Waals surface area contributed by atoms with Gasteiger partial charge in [-0.15, -0.1) is 0 Å². The fourth-order valence-corrected chi connectivity index (χ4v) is 8.29. The van der Waals surface area contributed by atoms with E-state index in [9.17, 15) is 14.7 Å². The van der Waals surface area contributed by atoms with Crippen LogP contribution in [0.1, 0.15) is 50.3 Å². The molecule has 2 aromatic rings. The molecule has 0 spiro atoms. The second kappa shape index (κ2) is 13.7. The van der Waals surface area contributed by atoms with Gasteiger partial charge in [-0.05, 0) is 94.2 Å². The lowest BCUT2D eigenvalue weighted by atomic mass is 9.86. The Bertz CT molecular complexity index is 1190. The summed E-state index contributed by atoms with van der Waals surface area (Å²) in [6, 6.07) is 11.2. The molecule has 226 valence electrons. The summed E-state index contributed by atoms with van der Waals surface area (Å²) in [5.41, 5.74) is 3.25. The maximum Gasteiger partial charge on any atom is 0.249 e. The number of nitrogens with one attached hydrogen (secondary N) is 1. The van der Waals surface area contributed by atoms with E-state index in [0.29, 0.717) is 38.2 Å². The van der Waals surface area contributed by atoms with E-state index >= 15 is 0 Å². The van der Waals surface area contributed by atoms with Gasteiger partial charge in [-0.1, -0.05) is 6.92 Å². The van der Waals surface area contributed by atoms with Crippen LogP contribution in [0.2, 0.25) is 18.6 Å². The number of rotatable bonds is 13. The maximum absolute atomic E-state index is 13.9. The van der Waals surface area contributed by atoms with Gasteiger partial charge in [0.05, 0.1) is 24.4 Å². The largest absolute Gasteiger partial charge is 0.494 e. The molecule has 1 amide bonds. The molecule has 0 saturated carbocycles. The highest BCUT2D eigenvalue weighted by Crippen LogP contribution is 2.48. The van der Waals surface area contributed by atoms with Crippen LogP contribution < -0.4 is 19.7 Å². The Morgan fingerprint density at radius 3 is 2.59 bits per heavy atom. The summed E-state index contributed by atoms with van der Waals surface area (Å²) < 4.78 is 18.3. The Balaban J connectivity index is 1.72. The topological polar surface area (TPSA) is 121 Å². The molecule has 4 rings (SSSR count). The summed E-state index contributed by atoms with van der Waals surface area (Å²) in [6.07, 6.45) is 1.85. The van der Waals surface area contributed by atoms with Crippen molar-refractivity contribution >= 4 is 25.6 Å². The van der Waals surface area contributed by atoms with Crippen LogP contribution in [0.3, 0.4) is 0 Å². The van der Waals surface area contributed by atoms with E-state index in [0.717, 1.165) is 34.7 Å². The number of methoxy groups -OCH3 is 1. The highest BCUT2D eigenvalue weighted by atomic mass is 28.4. The summed E-state index contributed by atoms with van der Waals surface area (Å²) in [5, 5.41) is 22.3. The molecule has 2 aliphatic heterocycles. The zero-order valence-electron chi connectivity index (χ0n) is 24.9. The zero-order chi connectivity index (χ0) is 29.7. The van der Waals surface area contributed by atoms with Gasteiger partial charge in [-0.2, -0.15) is 0 Å². The zero-order valence-corrected chi connectivity index (χ0v) is 25.9. The van der Waals surface area contributed by atoms with Gasteiger partial charge in [0, 0.05) is 43.0 Å². The molecule has 2 aliphatic rings. The van der Waals surface area contributed by atoms with Gasteiger partial charge < -0.3 is 34.5 Å². The molecule has 0 radical (unpaired) electrons. The summed E-state index contributed by atoms with van der Waals surface area (Å²) in [6.45, 7) is 9.07. The van der Waals surface area contributed by atoms with E-state index in [4.69, 9.17) is 19.3 Å². The summed E-state index contributed by atoms with van der Waals surface area (Å²) >= 11 is 0. The first-order valence-corrected chi connectivity index (χ1v) is 17.8. The summed E-state index contributed by atoms with van der Waals surface area (Å²) in [7, 11) is -0.974. The van der Waals surface area contributed by atoms with Crippen LogP contribution in [-0.4, -0.2) is 74.9 Å². The Labute approximate surface area is 244 Å². The first-order chi connectivity index (χ1) is 19.6. The van der Waals surface area contributed by atoms with E-state index in [2.05, 4.69) is 12.2 Å². The van der Waals surface area contributed by atoms with Crippen molar-refractivity contribution in [2.24, 2.45) is 5.92 Å². The molecular formula is C31H46N2O7Si. The van der Waals surface area contributed by atoms with Crippen molar-refractivity contribution in [1.29, 1.82) is 0 Å². The molecule has 2 aromatic carbocycles. The molecule has 9 nitrogen and oxygen atoms in total. The second-order valence-electron chi connectivity index (χ2n) is 11.6. The third-order valence-electron chi connectivity index (χ3n) is 8.34. The number of hydrogen-bond donors (Lipinski definition) is 4. The monoisotopic (exact) mass is 586 g/mol. The highest BCUT2D eigenvalue weighted by molar-refractivity contribution is 6.71. The predicted molar refractivity (Wildman–Crippen MR) is 161 cm³/mol. The van der Waals surface area contributed by atoms with Crippen molar-refractivity contribution in [2.75, 3.05) is 38.4 Å². The Hall–Kier alpha value is -2.47. The molecule has 5 atom stereocenters. The molecule has 2 heterocycles. The standard InChI is InChI=1S/C31H46N2O7Si/c1-6-39-23-10-11-26-21(17-23)18-25(32-14-7-8-15-34)31(36)33(26)22-9-12-27-24(19-22)29(38-3)20(2)30(40-27)28(13-16-35)41(4,5)37/h9-12,17,19-20,25,28-30,32,34-35,37H,6-8,13-16,18H2,1-5H3/t20-,25?,28?,29-,30-/m1/s1. The van der Waals surface area contributed by atoms with Crippen LogP contribution in [-0.2, 0) is 16.0 Å². The average Bonchev–Trinajstić information content (AvgIpc) is 2.93. The molecule has 0 aromatic heterocycles. The fraction of sp³-hybridized carbons (Fsp3) is 0.581. The Morgan fingerprint density at radius 2 is 1.93 bits per heavy atom. The lowest BCUT2D eigenvalue weighted by Gasteiger charge is -2.44. The Kier molecular flexibility index (Phi) is 10.5. The molecule has 0 fully saturated rings. The number of fused-ring (bicyclic) bond motifs is 2. The molecule has 0 aliphatic carbocycles. The van der Waals surface area contributed by atoms with Crippen LogP contribution in [0.4, 0.5) is 11.4 Å². The average molecular weight is 587 g/mol. The van der Waals surface area contributed by atoms with Crippen LogP contribution >= 0.6 is 0 Å². The van der Waals surface area contributed by atoms with Gasteiger partial charge in [0.25, 0.3) is 0 Å². The minimum absolute atomic E-state index is 0.0195. The number of benzene rings is 2. The van der Waals surface area contributed by atoms with Crippen molar-refractivity contribution in [1.82, 2.24) is 5.32 Å². The fourth-order valence-electron chi connectivity index (χ4n) is 6.28. The number of nitrogens with zero attached hydrogens (tertiary/aromatic N) is 1. The van der Waals surface area contributed by atoms with Gasteiger partial charge in [0.15, 0.2) is 8.32 Å². The van der Waals surface area contributed by atoms with Crippen molar-refractivity contribution in [3.8, 4) is 11.5 Å². The third-order valence-corrected chi connectivity index (χ3v) is 10.8. The van der Waals surface area contributed by atoms with Crippen LogP contribution in [0.15, 0.2) is 36.4 Å². The number of aliphatic hydroxyl groups excluding tert-OH is 2. The number of ether oxygens (including phenoxy) is 3. The first kappa shape index (κ1) is 31.5. The molecule has 0 saturated heterocycles. The smallest absolute Gasteiger partial charge is 0.249 e. The molecular weight excluding hydrogens is 540 g/mol. The minimum Gasteiger partial charge on any atom is -0.494 e. The van der Waals surface area contributed by atoms with Gasteiger partial charge in [-0.3, -0.25) is 9.69 Å². The molecule has 4 N–H and O–H groups in total. The van der Waals surface area contributed by atoms with E-state index in [1.54, 1.807) is 12.0 Å². The molecule has 2 unspecified atom stereocenters. The molecule has 0 bridgehead atoms. The lowest BCUT2D eigenvalue weighted by Crippen LogP contribution is -2.50. The highest BCUT2D eigenvalue weighted by Gasteiger charge is 2.46. The summed E-state index contributed by atoms with van der Waals surface area (Å²) in [5.74, 6) is 1.31. The van der Waals surface area contributed by atoms with Crippen molar-refractivity contribution < 1.29 is 34.0 Å².